The van der Waals surface area contributed by atoms with Crippen molar-refractivity contribution in [2.45, 2.75) is 19.9 Å². The van der Waals surface area contributed by atoms with E-state index < -0.39 is 0 Å². The number of rotatable bonds is 6. The molecule has 20 heavy (non-hydrogen) atoms. The summed E-state index contributed by atoms with van der Waals surface area (Å²) in [7, 11) is 1.99. The van der Waals surface area contributed by atoms with Crippen molar-refractivity contribution in [3.63, 3.8) is 0 Å². The summed E-state index contributed by atoms with van der Waals surface area (Å²) in [6, 6.07) is 18.4. The summed E-state index contributed by atoms with van der Waals surface area (Å²) in [4.78, 5) is 14.1. The fourth-order valence-electron chi connectivity index (χ4n) is 2.24. The minimum Gasteiger partial charge on any atom is -0.298 e. The lowest BCUT2D eigenvalue weighted by Crippen LogP contribution is -2.26. The zero-order chi connectivity index (χ0) is 14.4. The Morgan fingerprint density at radius 2 is 1.60 bits per heavy atom. The average molecular weight is 267 g/mol. The molecule has 0 bridgehead atoms. The number of ketones is 1. The predicted octanol–water partition coefficient (Wildman–Crippen LogP) is 3.24. The second-order valence-corrected chi connectivity index (χ2v) is 5.36. The monoisotopic (exact) mass is 267 g/mol. The molecule has 0 fully saturated rings. The van der Waals surface area contributed by atoms with E-state index in [-0.39, 0.29) is 5.78 Å². The Morgan fingerprint density at radius 1 is 0.950 bits per heavy atom. The Morgan fingerprint density at radius 3 is 2.25 bits per heavy atom. The van der Waals surface area contributed by atoms with Crippen LogP contribution in [-0.4, -0.2) is 24.3 Å². The minimum atomic E-state index is 0.255. The van der Waals surface area contributed by atoms with Crippen molar-refractivity contribution >= 4 is 5.78 Å². The van der Waals surface area contributed by atoms with Gasteiger partial charge in [0.05, 0.1) is 6.54 Å². The molecule has 0 unspecified atom stereocenters. The van der Waals surface area contributed by atoms with Crippen LogP contribution in [-0.2, 0) is 17.8 Å². The third-order valence-corrected chi connectivity index (χ3v) is 3.26. The lowest BCUT2D eigenvalue weighted by molar-refractivity contribution is -0.119. The van der Waals surface area contributed by atoms with E-state index in [4.69, 9.17) is 0 Å². The maximum atomic E-state index is 12.0. The van der Waals surface area contributed by atoms with Crippen LogP contribution in [0.2, 0.25) is 0 Å². The summed E-state index contributed by atoms with van der Waals surface area (Å²) >= 11 is 0. The van der Waals surface area contributed by atoms with Gasteiger partial charge in [0.15, 0.2) is 5.78 Å². The number of hydrogen-bond donors (Lipinski definition) is 0. The topological polar surface area (TPSA) is 20.3 Å². The second-order valence-electron chi connectivity index (χ2n) is 5.36. The van der Waals surface area contributed by atoms with Crippen LogP contribution >= 0.6 is 0 Å². The average Bonchev–Trinajstić information content (AvgIpc) is 2.42. The number of benzene rings is 2. The molecule has 0 aromatic heterocycles. The highest BCUT2D eigenvalue weighted by molar-refractivity contribution is 5.82. The number of carbonyl (C=O) groups excluding carboxylic acids is 1. The Balaban J connectivity index is 1.83. The number of nitrogens with zero attached hydrogens (tertiary/aromatic N) is 1. The van der Waals surface area contributed by atoms with E-state index in [9.17, 15) is 4.79 Å². The maximum absolute atomic E-state index is 12.0. The van der Waals surface area contributed by atoms with Crippen molar-refractivity contribution in [3.8, 4) is 0 Å². The molecular weight excluding hydrogens is 246 g/mol. The Labute approximate surface area is 121 Å². The molecule has 0 amide bonds. The van der Waals surface area contributed by atoms with E-state index in [1.165, 1.54) is 11.1 Å². The van der Waals surface area contributed by atoms with Gasteiger partial charge in [0.25, 0.3) is 0 Å². The fourth-order valence-corrected chi connectivity index (χ4v) is 2.24. The predicted molar refractivity (Wildman–Crippen MR) is 82.7 cm³/mol. The minimum absolute atomic E-state index is 0.255. The Kier molecular flexibility index (Phi) is 5.08. The molecule has 2 heteroatoms. The molecule has 0 heterocycles. The third-order valence-electron chi connectivity index (χ3n) is 3.26. The second kappa shape index (κ2) is 7.01. The Hall–Kier alpha value is -1.93. The number of likely N-dealkylation sites (N-methyl/N-ethyl adjacent to an activating group) is 1. The lowest BCUT2D eigenvalue weighted by Gasteiger charge is -2.16. The van der Waals surface area contributed by atoms with Gasteiger partial charge in [0.2, 0.25) is 0 Å². The van der Waals surface area contributed by atoms with Crippen molar-refractivity contribution in [2.75, 3.05) is 13.6 Å². The van der Waals surface area contributed by atoms with Crippen LogP contribution in [0.4, 0.5) is 0 Å². The molecule has 2 aromatic rings. The van der Waals surface area contributed by atoms with E-state index in [2.05, 4.69) is 36.1 Å². The van der Waals surface area contributed by atoms with E-state index in [0.717, 1.165) is 12.1 Å². The normalized spacial score (nSPS) is 10.8. The first-order chi connectivity index (χ1) is 9.63. The van der Waals surface area contributed by atoms with Crippen LogP contribution in [0, 0.1) is 6.92 Å². The molecule has 0 radical (unpaired) electrons. The number of carbonyl (C=O) groups is 1. The number of Topliss-reactive ketones (excluding diaryl/α,β-unsaturated/α-hetero) is 1. The highest BCUT2D eigenvalue weighted by Gasteiger charge is 2.08. The lowest BCUT2D eigenvalue weighted by atomic mass is 10.1. The van der Waals surface area contributed by atoms with Gasteiger partial charge in [-0.15, -0.1) is 0 Å². The maximum Gasteiger partial charge on any atom is 0.151 e. The van der Waals surface area contributed by atoms with Gasteiger partial charge in [-0.25, -0.2) is 0 Å². The molecule has 2 aromatic carbocycles. The van der Waals surface area contributed by atoms with E-state index >= 15 is 0 Å². The summed E-state index contributed by atoms with van der Waals surface area (Å²) in [6.07, 6.45) is 0.513. The third kappa shape index (κ3) is 4.63. The van der Waals surface area contributed by atoms with Crippen LogP contribution in [0.5, 0.6) is 0 Å². The molecule has 0 spiro atoms. The quantitative estimate of drug-likeness (QED) is 0.801. The fraction of sp³-hybridized carbons (Fsp3) is 0.278. The van der Waals surface area contributed by atoms with Gasteiger partial charge in [0, 0.05) is 13.0 Å². The summed E-state index contributed by atoms with van der Waals surface area (Å²) in [5.41, 5.74) is 3.59. The SMILES string of the molecule is Cc1ccc(CN(C)CC(=O)Cc2ccccc2)cc1. The standard InChI is InChI=1S/C18H21NO/c1-15-8-10-17(11-9-15)13-19(2)14-18(20)12-16-6-4-3-5-7-16/h3-11H,12-14H2,1-2H3. The van der Waals surface area contributed by atoms with Crippen LogP contribution < -0.4 is 0 Å². The van der Waals surface area contributed by atoms with Crippen LogP contribution in [0.25, 0.3) is 0 Å². The zero-order valence-corrected chi connectivity index (χ0v) is 12.2. The Bertz CT molecular complexity index is 545. The van der Waals surface area contributed by atoms with Gasteiger partial charge in [-0.2, -0.15) is 0 Å². The van der Waals surface area contributed by atoms with Crippen molar-refractivity contribution in [1.29, 1.82) is 0 Å². The summed E-state index contributed by atoms with van der Waals surface area (Å²) in [5.74, 6) is 0.255. The molecule has 0 saturated heterocycles. The van der Waals surface area contributed by atoms with E-state index in [0.29, 0.717) is 13.0 Å². The molecule has 0 aliphatic carbocycles. The van der Waals surface area contributed by atoms with Gasteiger partial charge in [-0.3, -0.25) is 9.69 Å². The first-order valence-electron chi connectivity index (χ1n) is 6.93. The molecule has 0 atom stereocenters. The zero-order valence-electron chi connectivity index (χ0n) is 12.2. The summed E-state index contributed by atoms with van der Waals surface area (Å²) in [5, 5.41) is 0. The van der Waals surface area contributed by atoms with Crippen molar-refractivity contribution in [2.24, 2.45) is 0 Å². The van der Waals surface area contributed by atoms with Crippen LogP contribution in [0.3, 0.4) is 0 Å². The van der Waals surface area contributed by atoms with Crippen molar-refractivity contribution in [1.82, 2.24) is 4.90 Å². The van der Waals surface area contributed by atoms with Gasteiger partial charge >= 0.3 is 0 Å². The first-order valence-corrected chi connectivity index (χ1v) is 6.93. The molecule has 0 aliphatic heterocycles. The molecule has 0 N–H and O–H groups in total. The van der Waals surface area contributed by atoms with E-state index in [1.54, 1.807) is 0 Å². The molecule has 104 valence electrons. The van der Waals surface area contributed by atoms with Gasteiger partial charge < -0.3 is 0 Å². The number of aryl methyl sites for hydroxylation is 1. The molecule has 2 nitrogen and oxygen atoms in total. The molecular formula is C18H21NO. The number of hydrogen-bond acceptors (Lipinski definition) is 2. The summed E-state index contributed by atoms with van der Waals surface area (Å²) < 4.78 is 0. The van der Waals surface area contributed by atoms with Gasteiger partial charge in [-0.05, 0) is 25.1 Å². The molecule has 0 saturated carbocycles. The highest BCUT2D eigenvalue weighted by atomic mass is 16.1. The van der Waals surface area contributed by atoms with Gasteiger partial charge in [0.1, 0.15) is 0 Å². The molecule has 0 aliphatic rings. The summed E-state index contributed by atoms with van der Waals surface area (Å²) in [6.45, 7) is 3.38. The van der Waals surface area contributed by atoms with Crippen LogP contribution in [0.15, 0.2) is 54.6 Å². The van der Waals surface area contributed by atoms with Crippen molar-refractivity contribution in [3.05, 3.63) is 71.3 Å². The largest absolute Gasteiger partial charge is 0.298 e. The first kappa shape index (κ1) is 14.5. The van der Waals surface area contributed by atoms with Gasteiger partial charge in [-0.1, -0.05) is 60.2 Å². The van der Waals surface area contributed by atoms with Crippen LogP contribution in [0.1, 0.15) is 16.7 Å². The highest BCUT2D eigenvalue weighted by Crippen LogP contribution is 2.06. The van der Waals surface area contributed by atoms with E-state index in [1.807, 2.05) is 37.4 Å². The molecule has 2 rings (SSSR count). The van der Waals surface area contributed by atoms with Crippen molar-refractivity contribution < 1.29 is 4.79 Å². The smallest absolute Gasteiger partial charge is 0.151 e.